The van der Waals surface area contributed by atoms with Gasteiger partial charge in [-0.1, -0.05) is 36.4 Å². The van der Waals surface area contributed by atoms with Gasteiger partial charge in [-0.3, -0.25) is 9.59 Å². The molecule has 0 saturated heterocycles. The Morgan fingerprint density at radius 1 is 1.12 bits per heavy atom. The van der Waals surface area contributed by atoms with Crippen LogP contribution in [0.2, 0.25) is 0 Å². The number of rotatable bonds is 4. The fourth-order valence-electron chi connectivity index (χ4n) is 3.79. The molecule has 1 heterocycles. The van der Waals surface area contributed by atoms with Crippen LogP contribution in [0.3, 0.4) is 0 Å². The van der Waals surface area contributed by atoms with Gasteiger partial charge in [-0.2, -0.15) is 0 Å². The normalized spacial score (nSPS) is 23.5. The lowest BCUT2D eigenvalue weighted by atomic mass is 10.1. The molecule has 1 saturated carbocycles. The van der Waals surface area contributed by atoms with Crippen LogP contribution >= 0.6 is 0 Å². The van der Waals surface area contributed by atoms with Crippen LogP contribution in [-0.4, -0.2) is 17.9 Å². The second kappa shape index (κ2) is 6.56. The van der Waals surface area contributed by atoms with Gasteiger partial charge < -0.3 is 10.2 Å². The van der Waals surface area contributed by atoms with E-state index in [1.54, 1.807) is 18.2 Å². The zero-order valence-corrected chi connectivity index (χ0v) is 14.6. The maximum Gasteiger partial charge on any atom is 0.231 e. The van der Waals surface area contributed by atoms with Crippen LogP contribution in [0.25, 0.3) is 0 Å². The molecule has 0 spiro atoms. The minimum Gasteiger partial charge on any atom is -0.352 e. The quantitative estimate of drug-likeness (QED) is 0.919. The van der Waals surface area contributed by atoms with E-state index >= 15 is 0 Å². The minimum atomic E-state index is -0.335. The van der Waals surface area contributed by atoms with Gasteiger partial charge in [0.1, 0.15) is 5.82 Å². The summed E-state index contributed by atoms with van der Waals surface area (Å²) in [7, 11) is 0. The Kier molecular flexibility index (Phi) is 4.23. The van der Waals surface area contributed by atoms with Crippen molar-refractivity contribution in [3.8, 4) is 0 Å². The summed E-state index contributed by atoms with van der Waals surface area (Å²) in [6, 6.07) is 14.4. The van der Waals surface area contributed by atoms with Crippen LogP contribution in [0.5, 0.6) is 0 Å². The molecule has 1 fully saturated rings. The molecule has 26 heavy (non-hydrogen) atoms. The number of carbonyl (C=O) groups is 2. The molecule has 3 atom stereocenters. The highest BCUT2D eigenvalue weighted by Crippen LogP contribution is 2.43. The second-order valence-corrected chi connectivity index (χ2v) is 7.15. The summed E-state index contributed by atoms with van der Waals surface area (Å²) in [4.78, 5) is 27.1. The van der Waals surface area contributed by atoms with Crippen molar-refractivity contribution in [1.29, 1.82) is 0 Å². The number of nitrogens with one attached hydrogen (secondary N) is 1. The Bertz CT molecular complexity index is 867. The molecule has 2 aromatic carbocycles. The van der Waals surface area contributed by atoms with Gasteiger partial charge in [0.15, 0.2) is 0 Å². The monoisotopic (exact) mass is 352 g/mol. The molecule has 2 aliphatic rings. The molecule has 4 nitrogen and oxygen atoms in total. The van der Waals surface area contributed by atoms with Crippen molar-refractivity contribution in [2.45, 2.75) is 32.4 Å². The molecule has 1 N–H and O–H groups in total. The average molecular weight is 352 g/mol. The second-order valence-electron chi connectivity index (χ2n) is 7.15. The van der Waals surface area contributed by atoms with Crippen molar-refractivity contribution in [2.24, 2.45) is 11.8 Å². The molecular weight excluding hydrogens is 331 g/mol. The highest BCUT2D eigenvalue weighted by atomic mass is 19.1. The number of halogens is 1. The van der Waals surface area contributed by atoms with Gasteiger partial charge in [0, 0.05) is 23.8 Å². The minimum absolute atomic E-state index is 0.0218. The molecule has 0 aromatic heterocycles. The van der Waals surface area contributed by atoms with Crippen LogP contribution in [0.4, 0.5) is 10.1 Å². The first-order valence-electron chi connectivity index (χ1n) is 8.98. The lowest BCUT2D eigenvalue weighted by molar-refractivity contribution is -0.126. The standard InChI is InChI=1S/C21H21FN2O2/c1-13-10-14-6-3-5-9-19(14)24(13)21(26)17-11-16(17)20(25)23-12-15-7-2-4-8-18(15)22/h2-9,13,16-17H,10-12H2,1H3,(H,23,25). The van der Waals surface area contributed by atoms with E-state index in [0.29, 0.717) is 12.0 Å². The number of fused-ring (bicyclic) bond motifs is 1. The lowest BCUT2D eigenvalue weighted by Gasteiger charge is -2.23. The summed E-state index contributed by atoms with van der Waals surface area (Å²) in [5.74, 6) is -1.07. The first-order chi connectivity index (χ1) is 12.6. The van der Waals surface area contributed by atoms with Crippen molar-refractivity contribution < 1.29 is 14.0 Å². The van der Waals surface area contributed by atoms with Gasteiger partial charge in [0.25, 0.3) is 0 Å². The fraction of sp³-hybridized carbons (Fsp3) is 0.333. The van der Waals surface area contributed by atoms with Crippen LogP contribution in [0.1, 0.15) is 24.5 Å². The van der Waals surface area contributed by atoms with Gasteiger partial charge in [-0.15, -0.1) is 0 Å². The van der Waals surface area contributed by atoms with Crippen LogP contribution in [0.15, 0.2) is 48.5 Å². The molecule has 0 radical (unpaired) electrons. The van der Waals surface area contributed by atoms with Gasteiger partial charge in [-0.05, 0) is 37.5 Å². The Labute approximate surface area is 152 Å². The first kappa shape index (κ1) is 16.8. The van der Waals surface area contributed by atoms with E-state index in [2.05, 4.69) is 5.32 Å². The molecule has 4 rings (SSSR count). The molecule has 5 heteroatoms. The van der Waals surface area contributed by atoms with E-state index in [9.17, 15) is 14.0 Å². The number of anilines is 1. The first-order valence-corrected chi connectivity index (χ1v) is 8.98. The number of nitrogens with zero attached hydrogens (tertiary/aromatic N) is 1. The number of carbonyl (C=O) groups excluding carboxylic acids is 2. The summed E-state index contributed by atoms with van der Waals surface area (Å²) in [6.07, 6.45) is 1.41. The molecule has 2 amide bonds. The highest BCUT2D eigenvalue weighted by molar-refractivity contribution is 6.02. The van der Waals surface area contributed by atoms with E-state index < -0.39 is 0 Å². The van der Waals surface area contributed by atoms with E-state index in [0.717, 1.165) is 12.1 Å². The molecular formula is C21H21FN2O2. The Morgan fingerprint density at radius 2 is 1.85 bits per heavy atom. The highest BCUT2D eigenvalue weighted by Gasteiger charge is 2.51. The third kappa shape index (κ3) is 2.98. The topological polar surface area (TPSA) is 49.4 Å². The maximum absolute atomic E-state index is 13.6. The Morgan fingerprint density at radius 3 is 2.65 bits per heavy atom. The number of hydrogen-bond donors (Lipinski definition) is 1. The van der Waals surface area contributed by atoms with E-state index in [4.69, 9.17) is 0 Å². The Balaban J connectivity index is 1.38. The SMILES string of the molecule is CC1Cc2ccccc2N1C(=O)C1CC1C(=O)NCc1ccccc1F. The molecule has 2 aromatic rings. The third-order valence-electron chi connectivity index (χ3n) is 5.30. The van der Waals surface area contributed by atoms with Gasteiger partial charge in [0.05, 0.1) is 11.8 Å². The van der Waals surface area contributed by atoms with Crippen LogP contribution < -0.4 is 10.2 Å². The van der Waals surface area contributed by atoms with Crippen molar-refractivity contribution in [3.63, 3.8) is 0 Å². The molecule has 134 valence electrons. The zero-order chi connectivity index (χ0) is 18.3. The van der Waals surface area contributed by atoms with Crippen molar-refractivity contribution in [3.05, 3.63) is 65.5 Å². The summed E-state index contributed by atoms with van der Waals surface area (Å²) < 4.78 is 13.6. The predicted molar refractivity (Wildman–Crippen MR) is 96.9 cm³/mol. The molecule has 0 bridgehead atoms. The van der Waals surface area contributed by atoms with E-state index in [1.807, 2.05) is 36.1 Å². The molecule has 1 aliphatic heterocycles. The lowest BCUT2D eigenvalue weighted by Crippen LogP contribution is -2.38. The van der Waals surface area contributed by atoms with Gasteiger partial charge in [-0.25, -0.2) is 4.39 Å². The summed E-state index contributed by atoms with van der Waals surface area (Å²) in [6.45, 7) is 2.18. The van der Waals surface area contributed by atoms with Crippen LogP contribution in [-0.2, 0) is 22.6 Å². The smallest absolute Gasteiger partial charge is 0.231 e. The average Bonchev–Trinajstić information content (AvgIpc) is 3.36. The summed E-state index contributed by atoms with van der Waals surface area (Å²) in [5.41, 5.74) is 2.59. The molecule has 3 unspecified atom stereocenters. The number of para-hydroxylation sites is 1. The van der Waals surface area contributed by atoms with Gasteiger partial charge in [0.2, 0.25) is 11.8 Å². The van der Waals surface area contributed by atoms with Crippen molar-refractivity contribution >= 4 is 17.5 Å². The summed E-state index contributed by atoms with van der Waals surface area (Å²) in [5, 5.41) is 2.76. The summed E-state index contributed by atoms with van der Waals surface area (Å²) >= 11 is 0. The Hall–Kier alpha value is -2.69. The molecule has 1 aliphatic carbocycles. The third-order valence-corrected chi connectivity index (χ3v) is 5.30. The van der Waals surface area contributed by atoms with E-state index in [-0.39, 0.29) is 42.1 Å². The fourth-order valence-corrected chi connectivity index (χ4v) is 3.79. The number of amides is 2. The zero-order valence-electron chi connectivity index (χ0n) is 14.6. The maximum atomic E-state index is 13.6. The number of benzene rings is 2. The van der Waals surface area contributed by atoms with Crippen LogP contribution in [0, 0.1) is 17.7 Å². The number of hydrogen-bond acceptors (Lipinski definition) is 2. The van der Waals surface area contributed by atoms with E-state index in [1.165, 1.54) is 11.6 Å². The van der Waals surface area contributed by atoms with Crippen molar-refractivity contribution in [1.82, 2.24) is 5.32 Å². The van der Waals surface area contributed by atoms with Gasteiger partial charge >= 0.3 is 0 Å². The predicted octanol–water partition coefficient (Wildman–Crippen LogP) is 3.06. The van der Waals surface area contributed by atoms with Crippen molar-refractivity contribution in [2.75, 3.05) is 4.90 Å². The largest absolute Gasteiger partial charge is 0.352 e.